The van der Waals surface area contributed by atoms with E-state index in [-0.39, 0.29) is 5.97 Å². The molecule has 0 bridgehead atoms. The number of halogens is 1. The van der Waals surface area contributed by atoms with Crippen LogP contribution in [0, 0.1) is 5.92 Å². The predicted octanol–water partition coefficient (Wildman–Crippen LogP) is 4.76. The molecule has 3 nitrogen and oxygen atoms in total. The molecule has 1 aromatic rings. The number of benzene rings is 1. The Morgan fingerprint density at radius 3 is 2.62 bits per heavy atom. The van der Waals surface area contributed by atoms with Crippen molar-refractivity contribution in [3.63, 3.8) is 0 Å². The summed E-state index contributed by atoms with van der Waals surface area (Å²) in [5.74, 6) is 0.171. The van der Waals surface area contributed by atoms with Gasteiger partial charge in [-0.3, -0.25) is 0 Å². The Bertz CT molecular complexity index is 485. The number of hydrogen-bond donors (Lipinski definition) is 1. The summed E-state index contributed by atoms with van der Waals surface area (Å²) in [5, 5.41) is 3.46. The lowest BCUT2D eigenvalue weighted by atomic mass is 9.75. The van der Waals surface area contributed by atoms with Gasteiger partial charge in [0.05, 0.1) is 6.61 Å². The Morgan fingerprint density at radius 2 is 2.00 bits per heavy atom. The van der Waals surface area contributed by atoms with Gasteiger partial charge in [-0.15, -0.1) is 0 Å². The number of carbonyl (C=O) groups excluding carboxylic acids is 1. The lowest BCUT2D eigenvalue weighted by Gasteiger charge is -2.39. The largest absolute Gasteiger partial charge is 0.464 e. The van der Waals surface area contributed by atoms with Crippen molar-refractivity contribution in [1.82, 2.24) is 0 Å². The monoisotopic (exact) mass is 353 g/mol. The molecule has 0 heterocycles. The zero-order chi connectivity index (χ0) is 15.3. The van der Waals surface area contributed by atoms with Crippen molar-refractivity contribution >= 4 is 27.6 Å². The van der Waals surface area contributed by atoms with Crippen LogP contribution in [0.2, 0.25) is 0 Å². The van der Waals surface area contributed by atoms with Crippen LogP contribution in [0.25, 0.3) is 0 Å². The van der Waals surface area contributed by atoms with E-state index in [4.69, 9.17) is 4.74 Å². The highest BCUT2D eigenvalue weighted by molar-refractivity contribution is 9.10. The molecule has 4 heteroatoms. The van der Waals surface area contributed by atoms with Crippen LogP contribution < -0.4 is 5.32 Å². The van der Waals surface area contributed by atoms with Gasteiger partial charge in [-0.2, -0.15) is 0 Å². The first-order valence-electron chi connectivity index (χ1n) is 7.78. The fraction of sp³-hybridized carbons (Fsp3) is 0.588. The lowest BCUT2D eigenvalue weighted by Crippen LogP contribution is -2.51. The van der Waals surface area contributed by atoms with Crippen molar-refractivity contribution in [2.75, 3.05) is 11.9 Å². The molecule has 1 atom stereocenters. The molecule has 1 unspecified atom stereocenters. The van der Waals surface area contributed by atoms with Crippen molar-refractivity contribution < 1.29 is 9.53 Å². The first-order chi connectivity index (χ1) is 10.1. The van der Waals surface area contributed by atoms with Crippen LogP contribution in [0.15, 0.2) is 28.7 Å². The Labute approximate surface area is 135 Å². The van der Waals surface area contributed by atoms with Gasteiger partial charge in [0.25, 0.3) is 0 Å². The van der Waals surface area contributed by atoms with Gasteiger partial charge in [0, 0.05) is 10.2 Å². The van der Waals surface area contributed by atoms with E-state index in [2.05, 4.69) is 21.2 Å². The van der Waals surface area contributed by atoms with E-state index in [9.17, 15) is 4.79 Å². The molecule has 0 aliphatic heterocycles. The van der Waals surface area contributed by atoms with E-state index in [0.717, 1.165) is 23.0 Å². The molecular weight excluding hydrogens is 330 g/mol. The lowest BCUT2D eigenvalue weighted by molar-refractivity contribution is -0.150. The summed E-state index contributed by atoms with van der Waals surface area (Å²) >= 11 is 3.55. The molecule has 21 heavy (non-hydrogen) atoms. The summed E-state index contributed by atoms with van der Waals surface area (Å²) in [7, 11) is 0. The zero-order valence-electron chi connectivity index (χ0n) is 12.8. The average molecular weight is 354 g/mol. The summed E-state index contributed by atoms with van der Waals surface area (Å²) in [6, 6.07) is 7.91. The molecule has 1 N–H and O–H groups in total. The van der Waals surface area contributed by atoms with Gasteiger partial charge in [0.15, 0.2) is 0 Å². The van der Waals surface area contributed by atoms with Gasteiger partial charge in [0.1, 0.15) is 5.54 Å². The van der Waals surface area contributed by atoms with E-state index in [0.29, 0.717) is 12.5 Å². The minimum Gasteiger partial charge on any atom is -0.464 e. The molecule has 2 rings (SSSR count). The Balaban J connectivity index is 2.26. The summed E-state index contributed by atoms with van der Waals surface area (Å²) in [6.45, 7) is 4.26. The van der Waals surface area contributed by atoms with E-state index in [1.807, 2.05) is 38.1 Å². The molecule has 116 valence electrons. The van der Waals surface area contributed by atoms with Gasteiger partial charge in [-0.1, -0.05) is 31.4 Å². The molecule has 1 aliphatic rings. The third kappa shape index (κ3) is 3.79. The smallest absolute Gasteiger partial charge is 0.331 e. The molecule has 1 aromatic carbocycles. The van der Waals surface area contributed by atoms with Crippen molar-refractivity contribution in [2.45, 2.75) is 51.5 Å². The number of esters is 1. The fourth-order valence-corrected chi connectivity index (χ4v) is 3.51. The summed E-state index contributed by atoms with van der Waals surface area (Å²) in [4.78, 5) is 12.6. The third-order valence-electron chi connectivity index (χ3n) is 4.39. The summed E-state index contributed by atoms with van der Waals surface area (Å²) in [5.41, 5.74) is 0.277. The fourth-order valence-electron chi connectivity index (χ4n) is 3.12. The van der Waals surface area contributed by atoms with Crippen molar-refractivity contribution in [3.05, 3.63) is 28.7 Å². The van der Waals surface area contributed by atoms with Crippen LogP contribution in [0.1, 0.15) is 46.0 Å². The maximum absolute atomic E-state index is 12.6. The number of nitrogens with one attached hydrogen (secondary N) is 1. The number of hydrogen-bond acceptors (Lipinski definition) is 3. The highest BCUT2D eigenvalue weighted by Gasteiger charge is 2.43. The molecule has 0 saturated heterocycles. The van der Waals surface area contributed by atoms with Crippen LogP contribution >= 0.6 is 15.9 Å². The van der Waals surface area contributed by atoms with E-state index >= 15 is 0 Å². The first kappa shape index (κ1) is 16.3. The van der Waals surface area contributed by atoms with Crippen molar-refractivity contribution in [3.8, 4) is 0 Å². The Kier molecular flexibility index (Phi) is 5.68. The van der Waals surface area contributed by atoms with Gasteiger partial charge in [-0.05, 0) is 60.7 Å². The van der Waals surface area contributed by atoms with Gasteiger partial charge < -0.3 is 10.1 Å². The SMILES string of the molecule is CCOC(=O)C(C)(Nc1ccccc1Br)C1CCCCC1. The van der Waals surface area contributed by atoms with Gasteiger partial charge in [0.2, 0.25) is 0 Å². The van der Waals surface area contributed by atoms with Crippen LogP contribution in [0.4, 0.5) is 5.69 Å². The zero-order valence-corrected chi connectivity index (χ0v) is 14.4. The molecule has 1 fully saturated rings. The molecule has 1 aliphatic carbocycles. The Morgan fingerprint density at radius 1 is 1.33 bits per heavy atom. The Hall–Kier alpha value is -1.03. The number of ether oxygens (including phenoxy) is 1. The third-order valence-corrected chi connectivity index (χ3v) is 5.08. The average Bonchev–Trinajstić information content (AvgIpc) is 2.50. The topological polar surface area (TPSA) is 38.3 Å². The maximum Gasteiger partial charge on any atom is 0.331 e. The number of para-hydroxylation sites is 1. The number of carbonyl (C=O) groups is 1. The molecule has 0 aromatic heterocycles. The van der Waals surface area contributed by atoms with E-state index in [1.54, 1.807) is 0 Å². The number of anilines is 1. The van der Waals surface area contributed by atoms with Crippen LogP contribution in [0.3, 0.4) is 0 Å². The first-order valence-corrected chi connectivity index (χ1v) is 8.57. The van der Waals surface area contributed by atoms with Crippen molar-refractivity contribution in [2.24, 2.45) is 5.92 Å². The molecule has 0 spiro atoms. The normalized spacial score (nSPS) is 18.8. The summed E-state index contributed by atoms with van der Waals surface area (Å²) < 4.78 is 6.32. The predicted molar refractivity (Wildman–Crippen MR) is 89.4 cm³/mol. The minimum absolute atomic E-state index is 0.146. The van der Waals surface area contributed by atoms with Crippen LogP contribution in [-0.2, 0) is 9.53 Å². The van der Waals surface area contributed by atoms with Crippen molar-refractivity contribution in [1.29, 1.82) is 0 Å². The second kappa shape index (κ2) is 7.30. The second-order valence-electron chi connectivity index (χ2n) is 5.86. The van der Waals surface area contributed by atoms with Crippen LogP contribution in [-0.4, -0.2) is 18.1 Å². The van der Waals surface area contributed by atoms with Gasteiger partial charge >= 0.3 is 5.97 Å². The molecule has 0 radical (unpaired) electrons. The van der Waals surface area contributed by atoms with Crippen LogP contribution in [0.5, 0.6) is 0 Å². The number of rotatable bonds is 5. The highest BCUT2D eigenvalue weighted by atomic mass is 79.9. The second-order valence-corrected chi connectivity index (χ2v) is 6.72. The maximum atomic E-state index is 12.6. The highest BCUT2D eigenvalue weighted by Crippen LogP contribution is 2.37. The van der Waals surface area contributed by atoms with E-state index < -0.39 is 5.54 Å². The standard InChI is InChI=1S/C17H24BrNO2/c1-3-21-16(20)17(2,13-9-5-4-6-10-13)19-15-12-8-7-11-14(15)18/h7-8,11-13,19H,3-6,9-10H2,1-2H3. The van der Waals surface area contributed by atoms with E-state index in [1.165, 1.54) is 19.3 Å². The quantitative estimate of drug-likeness (QED) is 0.775. The molecule has 1 saturated carbocycles. The van der Waals surface area contributed by atoms with Gasteiger partial charge in [-0.25, -0.2) is 4.79 Å². The minimum atomic E-state index is -0.666. The molecular formula is C17H24BrNO2. The molecule has 0 amide bonds. The summed E-state index contributed by atoms with van der Waals surface area (Å²) in [6.07, 6.45) is 5.80.